The van der Waals surface area contributed by atoms with Gasteiger partial charge in [0.2, 0.25) is 5.95 Å². The minimum atomic E-state index is -0.240. The summed E-state index contributed by atoms with van der Waals surface area (Å²) in [4.78, 5) is 36.9. The minimum Gasteiger partial charge on any atom is -0.340 e. The third-order valence-corrected chi connectivity index (χ3v) is 6.30. The molecule has 2 atom stereocenters. The van der Waals surface area contributed by atoms with Gasteiger partial charge in [0.05, 0.1) is 4.88 Å². The zero-order valence-electron chi connectivity index (χ0n) is 15.1. The van der Waals surface area contributed by atoms with Crippen molar-refractivity contribution < 1.29 is 4.79 Å². The fraction of sp³-hybridized carbons (Fsp3) is 0.300. The number of hydrogen-bond acceptors (Lipinski definition) is 6. The largest absolute Gasteiger partial charge is 0.340 e. The lowest BCUT2D eigenvalue weighted by molar-refractivity contribution is 0.103. The van der Waals surface area contributed by atoms with E-state index in [1.165, 1.54) is 11.3 Å². The molecule has 5 heterocycles. The number of fused-ring (bicyclic) bond motifs is 4. The van der Waals surface area contributed by atoms with Crippen molar-refractivity contribution in [1.29, 1.82) is 0 Å². The van der Waals surface area contributed by atoms with Gasteiger partial charge in [0.25, 0.3) is 11.5 Å². The average Bonchev–Trinajstić information content (AvgIpc) is 3.26. The molecule has 1 N–H and O–H groups in total. The summed E-state index contributed by atoms with van der Waals surface area (Å²) in [5.74, 6) is 1.12. The normalized spacial score (nSPS) is 20.5. The number of nitrogens with zero attached hydrogens (tertiary/aromatic N) is 4. The van der Waals surface area contributed by atoms with E-state index in [0.29, 0.717) is 23.0 Å². The second-order valence-electron chi connectivity index (χ2n) is 7.27. The molecule has 2 aliphatic rings. The lowest BCUT2D eigenvalue weighted by atomic mass is 9.83. The van der Waals surface area contributed by atoms with Crippen LogP contribution in [0.1, 0.15) is 27.7 Å². The standard InChI is InChI=1S/C20H19N5O2S/c26-18(17-3-1-8-28-17)23-15-4-5-16-14-9-13(11-25(16)19(15)27)10-24(12-14)20-21-6-2-7-22-20/h1-8,13-14H,9-12H2,(H,23,26)/t13-,14+/m0/s1. The van der Waals surface area contributed by atoms with Crippen LogP contribution in [0.5, 0.6) is 0 Å². The van der Waals surface area contributed by atoms with E-state index in [-0.39, 0.29) is 17.4 Å². The van der Waals surface area contributed by atoms with E-state index < -0.39 is 0 Å². The van der Waals surface area contributed by atoms with Gasteiger partial charge in [0.1, 0.15) is 5.69 Å². The number of carbonyl (C=O) groups is 1. The van der Waals surface area contributed by atoms with Crippen LogP contribution in [0.15, 0.2) is 52.9 Å². The molecule has 142 valence electrons. The molecule has 0 radical (unpaired) electrons. The summed E-state index contributed by atoms with van der Waals surface area (Å²) < 4.78 is 1.84. The lowest BCUT2D eigenvalue weighted by Gasteiger charge is -2.42. The number of amides is 1. The maximum Gasteiger partial charge on any atom is 0.274 e. The van der Waals surface area contributed by atoms with Crippen LogP contribution in [0.2, 0.25) is 0 Å². The molecule has 2 aliphatic heterocycles. The zero-order chi connectivity index (χ0) is 19.1. The van der Waals surface area contributed by atoms with Crippen molar-refractivity contribution >= 4 is 28.9 Å². The lowest BCUT2D eigenvalue weighted by Crippen LogP contribution is -2.48. The third-order valence-electron chi connectivity index (χ3n) is 5.43. The van der Waals surface area contributed by atoms with Gasteiger partial charge in [-0.15, -0.1) is 11.3 Å². The van der Waals surface area contributed by atoms with E-state index in [9.17, 15) is 9.59 Å². The smallest absolute Gasteiger partial charge is 0.274 e. The molecule has 2 bridgehead atoms. The summed E-state index contributed by atoms with van der Waals surface area (Å²) in [6, 6.07) is 9.10. The number of hydrogen-bond donors (Lipinski definition) is 1. The number of aromatic nitrogens is 3. The topological polar surface area (TPSA) is 80.1 Å². The summed E-state index contributed by atoms with van der Waals surface area (Å²) in [5.41, 5.74) is 1.24. The Kier molecular flexibility index (Phi) is 4.20. The Balaban J connectivity index is 1.42. The Morgan fingerprint density at radius 3 is 2.75 bits per heavy atom. The summed E-state index contributed by atoms with van der Waals surface area (Å²) in [6.45, 7) is 2.27. The Hall–Kier alpha value is -3.00. The van der Waals surface area contributed by atoms with Crippen molar-refractivity contribution in [3.8, 4) is 0 Å². The quantitative estimate of drug-likeness (QED) is 0.740. The second kappa shape index (κ2) is 6.87. The number of thiophene rings is 1. The van der Waals surface area contributed by atoms with E-state index >= 15 is 0 Å². The van der Waals surface area contributed by atoms with Gasteiger partial charge in [-0.1, -0.05) is 6.07 Å². The Morgan fingerprint density at radius 1 is 1.11 bits per heavy atom. The van der Waals surface area contributed by atoms with Gasteiger partial charge in [-0.3, -0.25) is 9.59 Å². The fourth-order valence-corrected chi connectivity index (χ4v) is 4.87. The summed E-state index contributed by atoms with van der Waals surface area (Å²) in [6.07, 6.45) is 4.57. The van der Waals surface area contributed by atoms with E-state index in [1.807, 2.05) is 28.1 Å². The summed E-state index contributed by atoms with van der Waals surface area (Å²) in [5, 5.41) is 4.62. The van der Waals surface area contributed by atoms with Crippen molar-refractivity contribution in [3.05, 3.63) is 69.0 Å². The highest BCUT2D eigenvalue weighted by Gasteiger charge is 2.35. The van der Waals surface area contributed by atoms with Gasteiger partial charge in [-0.2, -0.15) is 0 Å². The Bertz CT molecular complexity index is 1060. The van der Waals surface area contributed by atoms with Crippen molar-refractivity contribution in [2.45, 2.75) is 18.9 Å². The van der Waals surface area contributed by atoms with Crippen LogP contribution in [-0.2, 0) is 6.54 Å². The van der Waals surface area contributed by atoms with Crippen LogP contribution in [0.25, 0.3) is 0 Å². The predicted octanol–water partition coefficient (Wildman–Crippen LogP) is 2.58. The molecule has 3 aromatic heterocycles. The summed E-state index contributed by atoms with van der Waals surface area (Å²) in [7, 11) is 0. The van der Waals surface area contributed by atoms with Crippen LogP contribution < -0.4 is 15.8 Å². The second-order valence-corrected chi connectivity index (χ2v) is 8.22. The van der Waals surface area contributed by atoms with Gasteiger partial charge in [-0.25, -0.2) is 9.97 Å². The van der Waals surface area contributed by atoms with Crippen LogP contribution in [0.3, 0.4) is 0 Å². The van der Waals surface area contributed by atoms with Crippen molar-refractivity contribution in [2.75, 3.05) is 23.3 Å². The number of pyridine rings is 1. The fourth-order valence-electron chi connectivity index (χ4n) is 4.25. The molecular formula is C20H19N5O2S. The number of rotatable bonds is 3. The first-order valence-electron chi connectivity index (χ1n) is 9.29. The van der Waals surface area contributed by atoms with Gasteiger partial charge < -0.3 is 14.8 Å². The van der Waals surface area contributed by atoms with E-state index in [1.54, 1.807) is 24.5 Å². The average molecular weight is 393 g/mol. The first kappa shape index (κ1) is 17.1. The molecule has 0 unspecified atom stereocenters. The molecule has 1 amide bonds. The van der Waals surface area contributed by atoms with Gasteiger partial charge >= 0.3 is 0 Å². The SMILES string of the molecule is O=C(Nc1ccc2n(c1=O)C[C@H]1C[C@@H]2CN(c2ncccn2)C1)c1cccs1. The molecule has 0 saturated carbocycles. The summed E-state index contributed by atoms with van der Waals surface area (Å²) >= 11 is 1.36. The van der Waals surface area contributed by atoms with E-state index in [4.69, 9.17) is 0 Å². The first-order valence-corrected chi connectivity index (χ1v) is 10.2. The van der Waals surface area contributed by atoms with Crippen molar-refractivity contribution in [2.24, 2.45) is 5.92 Å². The van der Waals surface area contributed by atoms with Gasteiger partial charge in [0, 0.05) is 43.6 Å². The van der Waals surface area contributed by atoms with Crippen LogP contribution in [0, 0.1) is 5.92 Å². The molecular weight excluding hydrogens is 374 g/mol. The maximum atomic E-state index is 13.0. The van der Waals surface area contributed by atoms with Crippen LogP contribution in [0.4, 0.5) is 11.6 Å². The molecule has 3 aromatic rings. The van der Waals surface area contributed by atoms with E-state index in [2.05, 4.69) is 20.2 Å². The maximum absolute atomic E-state index is 13.0. The molecule has 5 rings (SSSR count). The van der Waals surface area contributed by atoms with Gasteiger partial charge in [-0.05, 0) is 42.0 Å². The Labute approximate surface area is 165 Å². The third kappa shape index (κ3) is 2.99. The molecule has 7 nitrogen and oxygen atoms in total. The molecule has 1 fully saturated rings. The highest BCUT2D eigenvalue weighted by atomic mass is 32.1. The van der Waals surface area contributed by atoms with Gasteiger partial charge in [0.15, 0.2) is 0 Å². The molecule has 0 aliphatic carbocycles. The highest BCUT2D eigenvalue weighted by molar-refractivity contribution is 7.12. The highest BCUT2D eigenvalue weighted by Crippen LogP contribution is 2.36. The van der Waals surface area contributed by atoms with Crippen LogP contribution in [-0.4, -0.2) is 33.5 Å². The molecule has 1 saturated heterocycles. The number of piperidine rings is 1. The predicted molar refractivity (Wildman–Crippen MR) is 108 cm³/mol. The molecule has 0 aromatic carbocycles. The zero-order valence-corrected chi connectivity index (χ0v) is 15.9. The van der Waals surface area contributed by atoms with Crippen molar-refractivity contribution in [1.82, 2.24) is 14.5 Å². The molecule has 0 spiro atoms. The number of carbonyl (C=O) groups excluding carboxylic acids is 1. The van der Waals surface area contributed by atoms with Crippen LogP contribution >= 0.6 is 11.3 Å². The number of nitrogens with one attached hydrogen (secondary N) is 1. The number of anilines is 2. The van der Waals surface area contributed by atoms with Crippen molar-refractivity contribution in [3.63, 3.8) is 0 Å². The minimum absolute atomic E-state index is 0.124. The Morgan fingerprint density at radius 2 is 1.96 bits per heavy atom. The monoisotopic (exact) mass is 393 g/mol. The first-order chi connectivity index (χ1) is 13.7. The molecule has 28 heavy (non-hydrogen) atoms. The molecule has 8 heteroatoms. The van der Waals surface area contributed by atoms with E-state index in [0.717, 1.165) is 31.2 Å².